The van der Waals surface area contributed by atoms with E-state index in [9.17, 15) is 0 Å². The van der Waals surface area contributed by atoms with Crippen molar-refractivity contribution < 1.29 is 0 Å². The third-order valence-corrected chi connectivity index (χ3v) is 4.53. The molecule has 1 N–H and O–H groups in total. The predicted molar refractivity (Wildman–Crippen MR) is 90.2 cm³/mol. The monoisotopic (exact) mass is 307 g/mol. The van der Waals surface area contributed by atoms with Crippen molar-refractivity contribution >= 4 is 5.65 Å². The smallest absolute Gasteiger partial charge is 0.137 e. The Labute approximate surface area is 136 Å². The van der Waals surface area contributed by atoms with E-state index >= 15 is 0 Å². The minimum atomic E-state index is 0.355. The topological polar surface area (TPSA) is 45.5 Å². The number of piperazine rings is 1. The number of aromatic nitrogens is 3. The highest BCUT2D eigenvalue weighted by Gasteiger charge is 2.24. The number of hydrogen-bond donors (Lipinski definition) is 1. The van der Waals surface area contributed by atoms with Crippen LogP contribution in [0.4, 0.5) is 0 Å². The highest BCUT2D eigenvalue weighted by molar-refractivity contribution is 5.43. The first-order valence-electron chi connectivity index (χ1n) is 8.08. The number of nitrogens with zero attached hydrogens (tertiary/aromatic N) is 4. The first-order chi connectivity index (χ1) is 11.3. The second-order valence-electron chi connectivity index (χ2n) is 6.16. The molecule has 1 fully saturated rings. The second kappa shape index (κ2) is 6.10. The maximum Gasteiger partial charge on any atom is 0.137 e. The van der Waals surface area contributed by atoms with Crippen LogP contribution < -0.4 is 5.32 Å². The van der Waals surface area contributed by atoms with Crippen molar-refractivity contribution in [3.63, 3.8) is 0 Å². The standard InChI is InChI=1S/C18H21N5/c1-14-4-7-23-16(11-21-18(23)9-14)13-22-8-6-20-12-17(22)15-3-2-5-19-10-15/h2-5,7,9-11,17,20H,6,8,12-13H2,1H3. The summed E-state index contributed by atoms with van der Waals surface area (Å²) in [6.07, 6.45) is 7.92. The van der Waals surface area contributed by atoms with Gasteiger partial charge in [-0.2, -0.15) is 0 Å². The maximum absolute atomic E-state index is 4.55. The number of rotatable bonds is 3. The van der Waals surface area contributed by atoms with Gasteiger partial charge in [-0.15, -0.1) is 0 Å². The largest absolute Gasteiger partial charge is 0.314 e. The van der Waals surface area contributed by atoms with Gasteiger partial charge in [0.2, 0.25) is 0 Å². The lowest BCUT2D eigenvalue weighted by Crippen LogP contribution is -2.45. The summed E-state index contributed by atoms with van der Waals surface area (Å²) in [7, 11) is 0. The minimum absolute atomic E-state index is 0.355. The van der Waals surface area contributed by atoms with E-state index in [0.29, 0.717) is 6.04 Å². The van der Waals surface area contributed by atoms with E-state index in [2.05, 4.69) is 55.9 Å². The van der Waals surface area contributed by atoms with Gasteiger partial charge in [-0.25, -0.2) is 4.98 Å². The summed E-state index contributed by atoms with van der Waals surface area (Å²) in [6, 6.07) is 8.79. The van der Waals surface area contributed by atoms with Crippen molar-refractivity contribution in [1.29, 1.82) is 0 Å². The van der Waals surface area contributed by atoms with E-state index < -0.39 is 0 Å². The van der Waals surface area contributed by atoms with Crippen molar-refractivity contribution in [3.05, 3.63) is 65.9 Å². The van der Waals surface area contributed by atoms with Crippen molar-refractivity contribution in [2.24, 2.45) is 0 Å². The van der Waals surface area contributed by atoms with Gasteiger partial charge in [0.05, 0.1) is 11.9 Å². The molecule has 118 valence electrons. The number of nitrogens with one attached hydrogen (secondary N) is 1. The van der Waals surface area contributed by atoms with Crippen LogP contribution in [0, 0.1) is 6.92 Å². The molecular formula is C18H21N5. The number of hydrogen-bond acceptors (Lipinski definition) is 4. The van der Waals surface area contributed by atoms with Gasteiger partial charge in [-0.05, 0) is 36.2 Å². The van der Waals surface area contributed by atoms with Gasteiger partial charge in [0.15, 0.2) is 0 Å². The zero-order chi connectivity index (χ0) is 15.6. The van der Waals surface area contributed by atoms with E-state index in [1.54, 1.807) is 0 Å². The molecule has 1 atom stereocenters. The molecular weight excluding hydrogens is 286 g/mol. The Kier molecular flexibility index (Phi) is 3.81. The van der Waals surface area contributed by atoms with Gasteiger partial charge in [0, 0.05) is 50.8 Å². The van der Waals surface area contributed by atoms with Crippen molar-refractivity contribution in [1.82, 2.24) is 24.6 Å². The van der Waals surface area contributed by atoms with Gasteiger partial charge in [0.25, 0.3) is 0 Å². The molecule has 0 radical (unpaired) electrons. The zero-order valence-electron chi connectivity index (χ0n) is 13.3. The third kappa shape index (κ3) is 2.85. The second-order valence-corrected chi connectivity index (χ2v) is 6.16. The first kappa shape index (κ1) is 14.4. The lowest BCUT2D eigenvalue weighted by atomic mass is 10.1. The van der Waals surface area contributed by atoms with Crippen LogP contribution in [0.5, 0.6) is 0 Å². The zero-order valence-corrected chi connectivity index (χ0v) is 13.3. The fraction of sp³-hybridized carbons (Fsp3) is 0.333. The molecule has 1 aliphatic rings. The fourth-order valence-electron chi connectivity index (χ4n) is 3.30. The van der Waals surface area contributed by atoms with Crippen molar-refractivity contribution in [2.45, 2.75) is 19.5 Å². The number of aryl methyl sites for hydroxylation is 1. The minimum Gasteiger partial charge on any atom is -0.314 e. The number of fused-ring (bicyclic) bond motifs is 1. The normalized spacial score (nSPS) is 19.3. The van der Waals surface area contributed by atoms with Gasteiger partial charge in [-0.1, -0.05) is 6.07 Å². The van der Waals surface area contributed by atoms with Crippen LogP contribution in [0.3, 0.4) is 0 Å². The van der Waals surface area contributed by atoms with Crippen LogP contribution in [-0.4, -0.2) is 38.9 Å². The Hall–Kier alpha value is -2.24. The SMILES string of the molecule is Cc1ccn2c(CN3CCNCC3c3cccnc3)cnc2c1. The summed E-state index contributed by atoms with van der Waals surface area (Å²) < 4.78 is 2.19. The Bertz CT molecular complexity index is 796. The van der Waals surface area contributed by atoms with E-state index in [0.717, 1.165) is 31.8 Å². The highest BCUT2D eigenvalue weighted by atomic mass is 15.2. The van der Waals surface area contributed by atoms with E-state index in [-0.39, 0.29) is 0 Å². The predicted octanol–water partition coefficient (Wildman–Crippen LogP) is 2.18. The molecule has 0 bridgehead atoms. The Morgan fingerprint density at radius 3 is 3.13 bits per heavy atom. The first-order valence-corrected chi connectivity index (χ1v) is 8.08. The molecule has 3 aromatic rings. The Balaban J connectivity index is 1.62. The van der Waals surface area contributed by atoms with Crippen LogP contribution in [-0.2, 0) is 6.54 Å². The van der Waals surface area contributed by atoms with Gasteiger partial charge in [-0.3, -0.25) is 9.88 Å². The Morgan fingerprint density at radius 2 is 2.26 bits per heavy atom. The summed E-state index contributed by atoms with van der Waals surface area (Å²) >= 11 is 0. The summed E-state index contributed by atoms with van der Waals surface area (Å²) in [5.41, 5.74) is 4.76. The molecule has 3 aromatic heterocycles. The molecule has 0 spiro atoms. The third-order valence-electron chi connectivity index (χ3n) is 4.53. The number of pyridine rings is 2. The molecule has 4 heterocycles. The highest BCUT2D eigenvalue weighted by Crippen LogP contribution is 2.23. The van der Waals surface area contributed by atoms with E-state index in [4.69, 9.17) is 0 Å². The quantitative estimate of drug-likeness (QED) is 0.805. The molecule has 0 saturated carbocycles. The molecule has 0 aromatic carbocycles. The van der Waals surface area contributed by atoms with Gasteiger partial charge >= 0.3 is 0 Å². The van der Waals surface area contributed by atoms with Crippen LogP contribution >= 0.6 is 0 Å². The molecule has 0 aliphatic carbocycles. The summed E-state index contributed by atoms with van der Waals surface area (Å²) in [5, 5.41) is 3.50. The van der Waals surface area contributed by atoms with E-state index in [1.807, 2.05) is 24.7 Å². The van der Waals surface area contributed by atoms with Crippen molar-refractivity contribution in [3.8, 4) is 0 Å². The summed E-state index contributed by atoms with van der Waals surface area (Å²) in [5.74, 6) is 0. The number of imidazole rings is 1. The maximum atomic E-state index is 4.55. The average molecular weight is 307 g/mol. The van der Waals surface area contributed by atoms with Crippen LogP contribution in [0.2, 0.25) is 0 Å². The van der Waals surface area contributed by atoms with Crippen LogP contribution in [0.15, 0.2) is 49.1 Å². The summed E-state index contributed by atoms with van der Waals surface area (Å²) in [6.45, 7) is 6.00. The van der Waals surface area contributed by atoms with Crippen LogP contribution in [0.1, 0.15) is 22.9 Å². The molecule has 1 saturated heterocycles. The molecule has 5 nitrogen and oxygen atoms in total. The lowest BCUT2D eigenvalue weighted by molar-refractivity contribution is 0.151. The Morgan fingerprint density at radius 1 is 1.30 bits per heavy atom. The molecule has 5 heteroatoms. The van der Waals surface area contributed by atoms with Crippen LogP contribution in [0.25, 0.3) is 5.65 Å². The molecule has 1 aliphatic heterocycles. The van der Waals surface area contributed by atoms with E-state index in [1.165, 1.54) is 16.8 Å². The van der Waals surface area contributed by atoms with Crippen molar-refractivity contribution in [2.75, 3.05) is 19.6 Å². The fourth-order valence-corrected chi connectivity index (χ4v) is 3.30. The lowest BCUT2D eigenvalue weighted by Gasteiger charge is -2.36. The van der Waals surface area contributed by atoms with Gasteiger partial charge in [0.1, 0.15) is 5.65 Å². The molecule has 23 heavy (non-hydrogen) atoms. The summed E-state index contributed by atoms with van der Waals surface area (Å²) in [4.78, 5) is 11.3. The van der Waals surface area contributed by atoms with Gasteiger partial charge < -0.3 is 9.72 Å². The molecule has 1 unspecified atom stereocenters. The molecule has 0 amide bonds. The average Bonchev–Trinajstić information content (AvgIpc) is 2.98. The molecule has 4 rings (SSSR count).